The average Bonchev–Trinajstić information content (AvgIpc) is 3.00. The second-order valence-electron chi connectivity index (χ2n) is 11.2. The van der Waals surface area contributed by atoms with Crippen molar-refractivity contribution in [2.45, 2.75) is 56.3 Å². The van der Waals surface area contributed by atoms with E-state index in [0.717, 1.165) is 19.1 Å². The molecular weight excluding hydrogens is 606 g/mol. The monoisotopic (exact) mass is 639 g/mol. The SMILES string of the molecule is CN([C@H]1CCCC[C@@H]1N1C(=O)c2ccccc2[C@@H](C(=O)NOCc2cccc(C(=O)O)c2)[C@@H]1c1ccc(Cl)cc1)S(C)(=O)=O. The van der Waals surface area contributed by atoms with Crippen LogP contribution in [0.3, 0.4) is 0 Å². The van der Waals surface area contributed by atoms with Crippen molar-refractivity contribution in [2.75, 3.05) is 13.3 Å². The minimum absolute atomic E-state index is 0.0840. The van der Waals surface area contributed by atoms with E-state index < -0.39 is 45.9 Å². The van der Waals surface area contributed by atoms with Crippen molar-refractivity contribution in [1.29, 1.82) is 0 Å². The molecule has 10 nitrogen and oxygen atoms in total. The Labute approximate surface area is 261 Å². The summed E-state index contributed by atoms with van der Waals surface area (Å²) in [6.45, 7) is -0.0840. The lowest BCUT2D eigenvalue weighted by atomic mass is 9.76. The van der Waals surface area contributed by atoms with E-state index in [1.54, 1.807) is 65.6 Å². The largest absolute Gasteiger partial charge is 0.478 e. The number of carboxylic acids is 1. The fraction of sp³-hybridized carbons (Fsp3) is 0.344. The highest BCUT2D eigenvalue weighted by Gasteiger charge is 2.49. The van der Waals surface area contributed by atoms with Gasteiger partial charge in [0, 0.05) is 29.7 Å². The fourth-order valence-corrected chi connectivity index (χ4v) is 7.21. The zero-order valence-corrected chi connectivity index (χ0v) is 25.9. The Morgan fingerprint density at radius 1 is 1.05 bits per heavy atom. The maximum absolute atomic E-state index is 14.4. The number of carboxylic acid groups (broad SMARTS) is 1. The number of nitrogens with one attached hydrogen (secondary N) is 1. The highest BCUT2D eigenvalue weighted by Crippen LogP contribution is 2.46. The van der Waals surface area contributed by atoms with Gasteiger partial charge in [0.1, 0.15) is 0 Å². The van der Waals surface area contributed by atoms with Crippen LogP contribution in [0, 0.1) is 0 Å². The summed E-state index contributed by atoms with van der Waals surface area (Å²) in [6.07, 6.45) is 3.90. The second-order valence-corrected chi connectivity index (χ2v) is 13.7. The zero-order valence-electron chi connectivity index (χ0n) is 24.4. The van der Waals surface area contributed by atoms with Crippen molar-refractivity contribution < 1.29 is 32.7 Å². The first kappa shape index (κ1) is 31.6. The van der Waals surface area contributed by atoms with Crippen LogP contribution >= 0.6 is 11.6 Å². The lowest BCUT2D eigenvalue weighted by Gasteiger charge is -2.50. The standard InChI is InChI=1S/C32H34ClN3O7S/c1-35(44(2,41)42)26-12-5-6-13-27(26)36-29(21-14-16-23(33)17-15-21)28(24-10-3-4-11-25(24)31(36)38)30(37)34-43-19-20-8-7-9-22(18-20)32(39)40/h3-4,7-11,14-18,26-29H,5-6,12-13,19H2,1-2H3,(H,34,37)(H,39,40)/t26-,27-,28+,29-/m0/s1. The number of carbonyl (C=O) groups excluding carboxylic acids is 2. The highest BCUT2D eigenvalue weighted by molar-refractivity contribution is 7.88. The number of amides is 2. The van der Waals surface area contributed by atoms with Gasteiger partial charge in [-0.05, 0) is 59.9 Å². The molecule has 0 bridgehead atoms. The summed E-state index contributed by atoms with van der Waals surface area (Å²) in [4.78, 5) is 47.1. The minimum atomic E-state index is -3.57. The first-order chi connectivity index (χ1) is 21.0. The summed E-state index contributed by atoms with van der Waals surface area (Å²) in [5.74, 6) is -2.78. The van der Waals surface area contributed by atoms with E-state index in [9.17, 15) is 27.9 Å². The van der Waals surface area contributed by atoms with Gasteiger partial charge in [-0.25, -0.2) is 23.0 Å². The number of carbonyl (C=O) groups is 3. The van der Waals surface area contributed by atoms with Crippen molar-refractivity contribution in [2.24, 2.45) is 0 Å². The third-order valence-corrected chi connectivity index (χ3v) is 10.1. The molecule has 0 spiro atoms. The Balaban J connectivity index is 1.55. The molecule has 0 saturated heterocycles. The van der Waals surface area contributed by atoms with Gasteiger partial charge in [0.25, 0.3) is 11.8 Å². The number of aromatic carboxylic acids is 1. The van der Waals surface area contributed by atoms with Gasteiger partial charge in [0.2, 0.25) is 10.0 Å². The lowest BCUT2D eigenvalue weighted by molar-refractivity contribution is -0.138. The summed E-state index contributed by atoms with van der Waals surface area (Å²) in [6, 6.07) is 18.3. The molecule has 1 aliphatic carbocycles. The molecule has 1 saturated carbocycles. The molecule has 2 N–H and O–H groups in total. The van der Waals surface area contributed by atoms with E-state index in [1.807, 2.05) is 0 Å². The van der Waals surface area contributed by atoms with E-state index in [4.69, 9.17) is 16.4 Å². The van der Waals surface area contributed by atoms with Crippen LogP contribution in [-0.2, 0) is 26.3 Å². The van der Waals surface area contributed by atoms with Crippen molar-refractivity contribution in [3.8, 4) is 0 Å². The number of halogens is 1. The minimum Gasteiger partial charge on any atom is -0.478 e. The predicted molar refractivity (Wildman–Crippen MR) is 165 cm³/mol. The molecule has 0 aromatic heterocycles. The van der Waals surface area contributed by atoms with Crippen molar-refractivity contribution in [3.63, 3.8) is 0 Å². The van der Waals surface area contributed by atoms with E-state index in [1.165, 1.54) is 23.5 Å². The van der Waals surface area contributed by atoms with Crippen LogP contribution in [0.1, 0.15) is 75.0 Å². The second kappa shape index (κ2) is 13.1. The van der Waals surface area contributed by atoms with E-state index in [-0.39, 0.29) is 18.1 Å². The molecule has 1 fully saturated rings. The van der Waals surface area contributed by atoms with Crippen molar-refractivity contribution >= 4 is 39.4 Å². The maximum Gasteiger partial charge on any atom is 0.335 e. The molecule has 2 amide bonds. The number of rotatable bonds is 9. The number of hydroxylamine groups is 1. The third kappa shape index (κ3) is 6.51. The molecule has 2 aliphatic rings. The third-order valence-electron chi connectivity index (χ3n) is 8.50. The van der Waals surface area contributed by atoms with Crippen LogP contribution in [0.4, 0.5) is 0 Å². The molecule has 5 rings (SSSR count). The quantitative estimate of drug-likeness (QED) is 0.322. The van der Waals surface area contributed by atoms with Crippen molar-refractivity contribution in [3.05, 3.63) is 106 Å². The number of hydrogen-bond donors (Lipinski definition) is 2. The van der Waals surface area contributed by atoms with Gasteiger partial charge in [0.05, 0.1) is 30.4 Å². The Kier molecular flexibility index (Phi) is 9.40. The molecule has 232 valence electrons. The van der Waals surface area contributed by atoms with Gasteiger partial charge >= 0.3 is 5.97 Å². The van der Waals surface area contributed by atoms with E-state index >= 15 is 0 Å². The van der Waals surface area contributed by atoms with Gasteiger partial charge in [-0.3, -0.25) is 14.4 Å². The molecule has 1 heterocycles. The Morgan fingerprint density at radius 2 is 1.75 bits per heavy atom. The number of nitrogens with zero attached hydrogens (tertiary/aromatic N) is 2. The van der Waals surface area contributed by atoms with E-state index in [0.29, 0.717) is 40.1 Å². The summed E-state index contributed by atoms with van der Waals surface area (Å²) >= 11 is 6.23. The van der Waals surface area contributed by atoms with Gasteiger partial charge in [-0.15, -0.1) is 0 Å². The molecular formula is C32H34ClN3O7S. The number of fused-ring (bicyclic) bond motifs is 1. The lowest BCUT2D eigenvalue weighted by Crippen LogP contribution is -2.59. The molecule has 0 unspecified atom stereocenters. The molecule has 3 aromatic carbocycles. The zero-order chi connectivity index (χ0) is 31.6. The molecule has 1 aliphatic heterocycles. The molecule has 3 aromatic rings. The Morgan fingerprint density at radius 3 is 2.45 bits per heavy atom. The van der Waals surface area contributed by atoms with Gasteiger partial charge < -0.3 is 10.0 Å². The summed E-state index contributed by atoms with van der Waals surface area (Å²) < 4.78 is 26.7. The molecule has 12 heteroatoms. The molecule has 44 heavy (non-hydrogen) atoms. The topological polar surface area (TPSA) is 133 Å². The van der Waals surface area contributed by atoms with Crippen LogP contribution < -0.4 is 5.48 Å². The van der Waals surface area contributed by atoms with Crippen LogP contribution in [0.15, 0.2) is 72.8 Å². The number of benzene rings is 3. The van der Waals surface area contributed by atoms with Gasteiger partial charge in [0.15, 0.2) is 0 Å². The van der Waals surface area contributed by atoms with Gasteiger partial charge in [-0.1, -0.05) is 66.9 Å². The van der Waals surface area contributed by atoms with Crippen LogP contribution in [-0.4, -0.2) is 65.9 Å². The molecule has 4 atom stereocenters. The molecule has 0 radical (unpaired) electrons. The van der Waals surface area contributed by atoms with Crippen LogP contribution in [0.25, 0.3) is 0 Å². The fourth-order valence-electron chi connectivity index (χ4n) is 6.35. The first-order valence-corrected chi connectivity index (χ1v) is 16.5. The summed E-state index contributed by atoms with van der Waals surface area (Å²) in [5, 5.41) is 9.79. The Hall–Kier alpha value is -3.77. The Bertz CT molecular complexity index is 1660. The average molecular weight is 640 g/mol. The predicted octanol–water partition coefficient (Wildman–Crippen LogP) is 4.77. The van der Waals surface area contributed by atoms with Crippen molar-refractivity contribution in [1.82, 2.24) is 14.7 Å². The normalized spacial score (nSPS) is 22.0. The van der Waals surface area contributed by atoms with Crippen LogP contribution in [0.5, 0.6) is 0 Å². The number of sulfonamides is 1. The smallest absolute Gasteiger partial charge is 0.335 e. The first-order valence-electron chi connectivity index (χ1n) is 14.3. The van der Waals surface area contributed by atoms with Gasteiger partial charge in [-0.2, -0.15) is 0 Å². The van der Waals surface area contributed by atoms with Crippen LogP contribution in [0.2, 0.25) is 5.02 Å². The maximum atomic E-state index is 14.4. The highest BCUT2D eigenvalue weighted by atomic mass is 35.5. The summed E-state index contributed by atoms with van der Waals surface area (Å²) in [7, 11) is -2.04. The van der Waals surface area contributed by atoms with E-state index in [2.05, 4.69) is 5.48 Å². The number of likely N-dealkylation sites (N-methyl/N-ethyl adjacent to an activating group) is 1. The number of hydrogen-bond acceptors (Lipinski definition) is 6. The summed E-state index contributed by atoms with van der Waals surface area (Å²) in [5.41, 5.74) is 4.73.